The summed E-state index contributed by atoms with van der Waals surface area (Å²) in [5.74, 6) is 1.16. The van der Waals surface area contributed by atoms with Gasteiger partial charge in [-0.15, -0.1) is 11.3 Å². The molecule has 2 aromatic rings. The standard InChI is InChI=1S/C21H29N3O3S/c1-5-7-8-9-12-27-18-11-10-17(13-19(18)26-6-2)14-22-24-21(25)20-15(3)23-16(4)28-20/h10-11,13-14H,5-9,12H2,1-4H3,(H,24,25)/b22-14+. The minimum Gasteiger partial charge on any atom is -0.490 e. The summed E-state index contributed by atoms with van der Waals surface area (Å²) in [7, 11) is 0. The van der Waals surface area contributed by atoms with Crippen LogP contribution in [0.2, 0.25) is 0 Å². The minimum atomic E-state index is -0.253. The van der Waals surface area contributed by atoms with Crippen LogP contribution in [0.25, 0.3) is 0 Å². The molecule has 1 aromatic heterocycles. The highest BCUT2D eigenvalue weighted by Gasteiger charge is 2.12. The lowest BCUT2D eigenvalue weighted by Crippen LogP contribution is -2.17. The van der Waals surface area contributed by atoms with Crippen molar-refractivity contribution in [2.75, 3.05) is 13.2 Å². The van der Waals surface area contributed by atoms with Crippen molar-refractivity contribution in [3.8, 4) is 11.5 Å². The molecule has 152 valence electrons. The number of hydrogen-bond donors (Lipinski definition) is 1. The number of carbonyl (C=O) groups is 1. The Kier molecular flexibility index (Phi) is 8.94. The van der Waals surface area contributed by atoms with Crippen molar-refractivity contribution in [2.45, 2.75) is 53.4 Å². The van der Waals surface area contributed by atoms with Gasteiger partial charge in [-0.25, -0.2) is 10.4 Å². The van der Waals surface area contributed by atoms with Crippen LogP contribution >= 0.6 is 11.3 Å². The van der Waals surface area contributed by atoms with Crippen molar-refractivity contribution in [2.24, 2.45) is 5.10 Å². The van der Waals surface area contributed by atoms with E-state index < -0.39 is 0 Å². The zero-order valence-electron chi connectivity index (χ0n) is 17.1. The van der Waals surface area contributed by atoms with Crippen LogP contribution in [0.1, 0.15) is 65.5 Å². The van der Waals surface area contributed by atoms with E-state index in [1.165, 1.54) is 30.6 Å². The number of ether oxygens (including phenoxy) is 2. The van der Waals surface area contributed by atoms with Gasteiger partial charge in [0.05, 0.1) is 30.1 Å². The highest BCUT2D eigenvalue weighted by Crippen LogP contribution is 2.28. The minimum absolute atomic E-state index is 0.253. The molecule has 1 aromatic carbocycles. The Bertz CT molecular complexity index is 802. The fraction of sp³-hybridized carbons (Fsp3) is 0.476. The van der Waals surface area contributed by atoms with E-state index in [0.29, 0.717) is 29.5 Å². The van der Waals surface area contributed by atoms with E-state index in [0.717, 1.165) is 22.7 Å². The Morgan fingerprint density at radius 3 is 2.68 bits per heavy atom. The SMILES string of the molecule is CCCCCCOc1ccc(/C=N/NC(=O)c2sc(C)nc2C)cc1OCC. The topological polar surface area (TPSA) is 72.8 Å². The number of amides is 1. The monoisotopic (exact) mass is 403 g/mol. The van der Waals surface area contributed by atoms with Crippen LogP contribution in [0.15, 0.2) is 23.3 Å². The predicted molar refractivity (Wildman–Crippen MR) is 114 cm³/mol. The van der Waals surface area contributed by atoms with Gasteiger partial charge in [0.15, 0.2) is 11.5 Å². The van der Waals surface area contributed by atoms with Crippen LogP contribution < -0.4 is 14.9 Å². The molecule has 0 spiro atoms. The third-order valence-electron chi connectivity index (χ3n) is 4.01. The van der Waals surface area contributed by atoms with Gasteiger partial charge in [0.25, 0.3) is 5.91 Å². The van der Waals surface area contributed by atoms with Gasteiger partial charge in [0.1, 0.15) is 4.88 Å². The zero-order chi connectivity index (χ0) is 20.4. The number of aryl methyl sites for hydroxylation is 2. The molecule has 0 bridgehead atoms. The summed E-state index contributed by atoms with van der Waals surface area (Å²) < 4.78 is 11.6. The number of nitrogens with zero attached hydrogens (tertiary/aromatic N) is 2. The maximum absolute atomic E-state index is 12.2. The van der Waals surface area contributed by atoms with E-state index in [-0.39, 0.29) is 5.91 Å². The smallest absolute Gasteiger partial charge is 0.283 e. The van der Waals surface area contributed by atoms with Crippen LogP contribution in [0.3, 0.4) is 0 Å². The average molecular weight is 404 g/mol. The fourth-order valence-electron chi connectivity index (χ4n) is 2.66. The first kappa shape index (κ1) is 21.9. The average Bonchev–Trinajstić information content (AvgIpc) is 3.01. The number of nitrogens with one attached hydrogen (secondary N) is 1. The molecular formula is C21H29N3O3S. The molecule has 0 aliphatic carbocycles. The number of thiazole rings is 1. The van der Waals surface area contributed by atoms with E-state index in [1.54, 1.807) is 6.21 Å². The number of unbranched alkanes of at least 4 members (excludes halogenated alkanes) is 3. The van der Waals surface area contributed by atoms with Crippen LogP contribution in [-0.2, 0) is 0 Å². The Labute approximate surface area is 171 Å². The second-order valence-electron chi connectivity index (χ2n) is 6.39. The molecule has 0 unspecified atom stereocenters. The molecule has 1 amide bonds. The Hall–Kier alpha value is -2.41. The molecule has 0 fully saturated rings. The maximum atomic E-state index is 12.2. The predicted octanol–water partition coefficient (Wildman–Crippen LogP) is 4.88. The highest BCUT2D eigenvalue weighted by atomic mass is 32.1. The molecule has 0 aliphatic heterocycles. The lowest BCUT2D eigenvalue weighted by Gasteiger charge is -2.12. The van der Waals surface area contributed by atoms with E-state index in [4.69, 9.17) is 9.47 Å². The number of benzene rings is 1. The van der Waals surface area contributed by atoms with Crippen molar-refractivity contribution in [1.29, 1.82) is 0 Å². The number of hydrazone groups is 1. The third kappa shape index (κ3) is 6.64. The summed E-state index contributed by atoms with van der Waals surface area (Å²) in [4.78, 5) is 17.0. The number of rotatable bonds is 11. The first-order valence-electron chi connectivity index (χ1n) is 9.72. The molecule has 1 N–H and O–H groups in total. The van der Waals surface area contributed by atoms with Crippen molar-refractivity contribution in [3.05, 3.63) is 39.3 Å². The molecule has 0 aliphatic rings. The van der Waals surface area contributed by atoms with Gasteiger partial charge < -0.3 is 9.47 Å². The van der Waals surface area contributed by atoms with Crippen LogP contribution in [0.4, 0.5) is 0 Å². The molecule has 2 rings (SSSR count). The molecular weight excluding hydrogens is 374 g/mol. The molecule has 7 heteroatoms. The molecule has 0 saturated heterocycles. The van der Waals surface area contributed by atoms with Gasteiger partial charge in [-0.2, -0.15) is 5.10 Å². The summed E-state index contributed by atoms with van der Waals surface area (Å²) in [6.45, 7) is 9.05. The summed E-state index contributed by atoms with van der Waals surface area (Å²) in [6.07, 6.45) is 6.23. The normalized spacial score (nSPS) is 11.0. The molecule has 28 heavy (non-hydrogen) atoms. The van der Waals surface area contributed by atoms with Gasteiger partial charge in [0, 0.05) is 0 Å². The number of carbonyl (C=O) groups excluding carboxylic acids is 1. The Morgan fingerprint density at radius 1 is 1.18 bits per heavy atom. The summed E-state index contributed by atoms with van der Waals surface area (Å²) in [6, 6.07) is 5.63. The summed E-state index contributed by atoms with van der Waals surface area (Å²) >= 11 is 1.36. The largest absolute Gasteiger partial charge is 0.490 e. The zero-order valence-corrected chi connectivity index (χ0v) is 17.9. The highest BCUT2D eigenvalue weighted by molar-refractivity contribution is 7.13. The summed E-state index contributed by atoms with van der Waals surface area (Å²) in [5, 5.41) is 4.91. The maximum Gasteiger partial charge on any atom is 0.283 e. The van der Waals surface area contributed by atoms with E-state index in [2.05, 4.69) is 22.4 Å². The summed E-state index contributed by atoms with van der Waals surface area (Å²) in [5.41, 5.74) is 4.09. The molecule has 1 heterocycles. The number of hydrogen-bond acceptors (Lipinski definition) is 6. The van der Waals surface area contributed by atoms with E-state index in [9.17, 15) is 4.79 Å². The molecule has 0 atom stereocenters. The molecule has 0 radical (unpaired) electrons. The van der Waals surface area contributed by atoms with Gasteiger partial charge >= 0.3 is 0 Å². The lowest BCUT2D eigenvalue weighted by molar-refractivity contribution is 0.0958. The van der Waals surface area contributed by atoms with Crippen molar-refractivity contribution >= 4 is 23.5 Å². The second-order valence-corrected chi connectivity index (χ2v) is 7.60. The third-order valence-corrected chi connectivity index (χ3v) is 5.08. The Morgan fingerprint density at radius 2 is 2.00 bits per heavy atom. The first-order chi connectivity index (χ1) is 13.5. The first-order valence-corrected chi connectivity index (χ1v) is 10.5. The van der Waals surface area contributed by atoms with Crippen LogP contribution in [0, 0.1) is 13.8 Å². The van der Waals surface area contributed by atoms with Crippen molar-refractivity contribution in [1.82, 2.24) is 10.4 Å². The van der Waals surface area contributed by atoms with E-state index in [1.807, 2.05) is 39.0 Å². The lowest BCUT2D eigenvalue weighted by atomic mass is 10.2. The second kappa shape index (κ2) is 11.4. The van der Waals surface area contributed by atoms with Gasteiger partial charge in [-0.05, 0) is 51.0 Å². The van der Waals surface area contributed by atoms with E-state index >= 15 is 0 Å². The van der Waals surface area contributed by atoms with Gasteiger partial charge in [0.2, 0.25) is 0 Å². The van der Waals surface area contributed by atoms with Gasteiger partial charge in [-0.1, -0.05) is 26.2 Å². The van der Waals surface area contributed by atoms with Gasteiger partial charge in [-0.3, -0.25) is 4.79 Å². The van der Waals surface area contributed by atoms with Crippen molar-refractivity contribution < 1.29 is 14.3 Å². The van der Waals surface area contributed by atoms with Crippen LogP contribution in [-0.4, -0.2) is 30.3 Å². The molecule has 6 nitrogen and oxygen atoms in total. The fourth-order valence-corrected chi connectivity index (χ4v) is 3.47. The van der Waals surface area contributed by atoms with Crippen molar-refractivity contribution in [3.63, 3.8) is 0 Å². The quantitative estimate of drug-likeness (QED) is 0.330. The number of aromatic nitrogens is 1. The Balaban J connectivity index is 1.97. The molecule has 0 saturated carbocycles. The van der Waals surface area contributed by atoms with Crippen LogP contribution in [0.5, 0.6) is 11.5 Å².